The van der Waals surface area contributed by atoms with Gasteiger partial charge in [-0.2, -0.15) is 0 Å². The summed E-state index contributed by atoms with van der Waals surface area (Å²) in [5.41, 5.74) is 0.612. The van der Waals surface area contributed by atoms with Crippen molar-refractivity contribution in [3.8, 4) is 0 Å². The lowest BCUT2D eigenvalue weighted by atomic mass is 9.59. The van der Waals surface area contributed by atoms with Crippen LogP contribution in [-0.2, 0) is 18.9 Å². The molecule has 4 aliphatic carbocycles. The molecule has 36 heavy (non-hydrogen) atoms. The second-order valence-electron chi connectivity index (χ2n) is 12.8. The predicted octanol–water partition coefficient (Wildman–Crippen LogP) is 8.07. The molecule has 212 valence electrons. The Morgan fingerprint density at radius 3 is 0.750 bits per heavy atom. The van der Waals surface area contributed by atoms with E-state index in [1.807, 2.05) is 28.4 Å². The SMILES string of the molecule is COCC(COC)(C1CCCC1)C1CCCC1.COCC(COC)(C1CCCCC1)C1CCCCC1. The molecule has 4 rings (SSSR count). The molecule has 0 radical (unpaired) electrons. The second kappa shape index (κ2) is 16.1. The summed E-state index contributed by atoms with van der Waals surface area (Å²) in [5, 5.41) is 0. The molecular weight excluding hydrogens is 448 g/mol. The van der Waals surface area contributed by atoms with E-state index in [4.69, 9.17) is 18.9 Å². The van der Waals surface area contributed by atoms with Crippen LogP contribution in [0.25, 0.3) is 0 Å². The van der Waals surface area contributed by atoms with E-state index < -0.39 is 0 Å². The fraction of sp³-hybridized carbons (Fsp3) is 1.00. The van der Waals surface area contributed by atoms with Crippen molar-refractivity contribution in [2.75, 3.05) is 54.9 Å². The van der Waals surface area contributed by atoms with Crippen molar-refractivity contribution in [1.29, 1.82) is 0 Å². The van der Waals surface area contributed by atoms with Gasteiger partial charge in [-0.05, 0) is 75.0 Å². The average molecular weight is 509 g/mol. The number of rotatable bonds is 12. The van der Waals surface area contributed by atoms with Crippen LogP contribution in [0.2, 0.25) is 0 Å². The molecular formula is C32H60O4. The Balaban J connectivity index is 0.000000202. The van der Waals surface area contributed by atoms with E-state index in [1.165, 1.54) is 116 Å². The molecule has 4 saturated carbocycles. The third-order valence-corrected chi connectivity index (χ3v) is 10.8. The lowest BCUT2D eigenvalue weighted by Gasteiger charge is -2.48. The van der Waals surface area contributed by atoms with E-state index in [9.17, 15) is 0 Å². The van der Waals surface area contributed by atoms with Crippen molar-refractivity contribution in [2.45, 2.75) is 116 Å². The van der Waals surface area contributed by atoms with Gasteiger partial charge in [0.2, 0.25) is 0 Å². The molecule has 4 aliphatic rings. The number of hydrogen-bond donors (Lipinski definition) is 0. The van der Waals surface area contributed by atoms with Gasteiger partial charge in [0, 0.05) is 39.3 Å². The highest BCUT2D eigenvalue weighted by molar-refractivity contribution is 4.96. The van der Waals surface area contributed by atoms with E-state index >= 15 is 0 Å². The summed E-state index contributed by atoms with van der Waals surface area (Å²) in [6.45, 7) is 3.60. The van der Waals surface area contributed by atoms with Crippen molar-refractivity contribution in [3.63, 3.8) is 0 Å². The molecule has 0 spiro atoms. The van der Waals surface area contributed by atoms with Crippen molar-refractivity contribution in [1.82, 2.24) is 0 Å². The molecule has 0 aromatic rings. The number of methoxy groups -OCH3 is 4. The minimum Gasteiger partial charge on any atom is -0.384 e. The van der Waals surface area contributed by atoms with E-state index in [0.29, 0.717) is 10.8 Å². The zero-order chi connectivity index (χ0) is 25.7. The van der Waals surface area contributed by atoms with Gasteiger partial charge in [0.15, 0.2) is 0 Å². The maximum Gasteiger partial charge on any atom is 0.0546 e. The van der Waals surface area contributed by atoms with Gasteiger partial charge in [0.25, 0.3) is 0 Å². The van der Waals surface area contributed by atoms with Crippen molar-refractivity contribution >= 4 is 0 Å². The second-order valence-corrected chi connectivity index (χ2v) is 12.8. The number of hydrogen-bond acceptors (Lipinski definition) is 4. The Morgan fingerprint density at radius 1 is 0.361 bits per heavy atom. The highest BCUT2D eigenvalue weighted by Gasteiger charge is 2.47. The molecule has 0 heterocycles. The topological polar surface area (TPSA) is 36.9 Å². The van der Waals surface area contributed by atoms with Crippen LogP contribution in [-0.4, -0.2) is 54.9 Å². The standard InChI is InChI=1S/C17H32O2.C15H28O2/c1-18-13-17(14-19-2,15-9-5-3-6-10-15)16-11-7-4-8-12-16;1-16-11-15(12-17-2,13-7-3-4-8-13)14-9-5-6-10-14/h15-16H,3-14H2,1-2H3;13-14H,3-12H2,1-2H3. The summed E-state index contributed by atoms with van der Waals surface area (Å²) >= 11 is 0. The van der Waals surface area contributed by atoms with Gasteiger partial charge in [-0.1, -0.05) is 64.2 Å². The molecule has 4 nitrogen and oxygen atoms in total. The fourth-order valence-corrected chi connectivity index (χ4v) is 9.12. The lowest BCUT2D eigenvalue weighted by molar-refractivity contribution is -0.0888. The van der Waals surface area contributed by atoms with Crippen LogP contribution in [0.4, 0.5) is 0 Å². The van der Waals surface area contributed by atoms with Gasteiger partial charge in [0.1, 0.15) is 0 Å². The van der Waals surface area contributed by atoms with Crippen molar-refractivity contribution in [3.05, 3.63) is 0 Å². The molecule has 4 fully saturated rings. The van der Waals surface area contributed by atoms with Crippen molar-refractivity contribution < 1.29 is 18.9 Å². The highest BCUT2D eigenvalue weighted by Crippen LogP contribution is 2.51. The van der Waals surface area contributed by atoms with Gasteiger partial charge >= 0.3 is 0 Å². The third-order valence-electron chi connectivity index (χ3n) is 10.8. The molecule has 4 heteroatoms. The van der Waals surface area contributed by atoms with Crippen LogP contribution >= 0.6 is 0 Å². The molecule has 0 aliphatic heterocycles. The Morgan fingerprint density at radius 2 is 0.556 bits per heavy atom. The highest BCUT2D eigenvalue weighted by atomic mass is 16.5. The smallest absolute Gasteiger partial charge is 0.0546 e. The van der Waals surface area contributed by atoms with Crippen LogP contribution in [0.1, 0.15) is 116 Å². The van der Waals surface area contributed by atoms with Crippen LogP contribution in [0.15, 0.2) is 0 Å². The first-order valence-corrected chi connectivity index (χ1v) is 15.6. The number of ether oxygens (including phenoxy) is 4. The van der Waals surface area contributed by atoms with Gasteiger partial charge < -0.3 is 18.9 Å². The van der Waals surface area contributed by atoms with Gasteiger partial charge in [-0.25, -0.2) is 0 Å². The minimum absolute atomic E-state index is 0.296. The lowest BCUT2D eigenvalue weighted by Crippen LogP contribution is -2.47. The van der Waals surface area contributed by atoms with Crippen LogP contribution in [0.5, 0.6) is 0 Å². The monoisotopic (exact) mass is 508 g/mol. The summed E-state index contributed by atoms with van der Waals surface area (Å²) in [5.74, 6) is 3.32. The summed E-state index contributed by atoms with van der Waals surface area (Å²) in [4.78, 5) is 0. The van der Waals surface area contributed by atoms with E-state index in [0.717, 1.165) is 50.1 Å². The summed E-state index contributed by atoms with van der Waals surface area (Å²) in [7, 11) is 7.45. The summed E-state index contributed by atoms with van der Waals surface area (Å²) in [6.07, 6.45) is 25.3. The van der Waals surface area contributed by atoms with Gasteiger partial charge in [-0.3, -0.25) is 0 Å². The van der Waals surface area contributed by atoms with E-state index in [1.54, 1.807) is 0 Å². The minimum atomic E-state index is 0.296. The fourth-order valence-electron chi connectivity index (χ4n) is 9.12. The van der Waals surface area contributed by atoms with Crippen LogP contribution in [0.3, 0.4) is 0 Å². The molecule has 0 bridgehead atoms. The van der Waals surface area contributed by atoms with Crippen molar-refractivity contribution in [2.24, 2.45) is 34.5 Å². The summed E-state index contributed by atoms with van der Waals surface area (Å²) in [6, 6.07) is 0. The molecule has 0 atom stereocenters. The molecule has 0 amide bonds. The Kier molecular flexibility index (Phi) is 13.6. The van der Waals surface area contributed by atoms with Crippen LogP contribution < -0.4 is 0 Å². The predicted molar refractivity (Wildman–Crippen MR) is 149 cm³/mol. The Bertz CT molecular complexity index is 505. The molecule has 0 N–H and O–H groups in total. The average Bonchev–Trinajstić information content (AvgIpc) is 3.65. The Labute approximate surface area is 223 Å². The maximum atomic E-state index is 5.69. The van der Waals surface area contributed by atoms with E-state index in [2.05, 4.69) is 0 Å². The first kappa shape index (κ1) is 30.4. The summed E-state index contributed by atoms with van der Waals surface area (Å²) < 4.78 is 22.6. The molecule has 0 saturated heterocycles. The van der Waals surface area contributed by atoms with Crippen LogP contribution in [0, 0.1) is 34.5 Å². The maximum absolute atomic E-state index is 5.69. The third kappa shape index (κ3) is 7.48. The van der Waals surface area contributed by atoms with Gasteiger partial charge in [0.05, 0.1) is 26.4 Å². The molecule has 0 aromatic heterocycles. The molecule has 0 unspecified atom stereocenters. The van der Waals surface area contributed by atoms with E-state index in [-0.39, 0.29) is 0 Å². The first-order chi connectivity index (χ1) is 17.7. The zero-order valence-corrected chi connectivity index (χ0v) is 24.5. The largest absolute Gasteiger partial charge is 0.384 e. The normalized spacial score (nSPS) is 23.7. The first-order valence-electron chi connectivity index (χ1n) is 15.6. The Hall–Kier alpha value is -0.160. The quantitative estimate of drug-likeness (QED) is 0.267. The van der Waals surface area contributed by atoms with Gasteiger partial charge in [-0.15, -0.1) is 0 Å². The molecule has 0 aromatic carbocycles. The zero-order valence-electron chi connectivity index (χ0n) is 24.5.